The number of H-pyrrole nitrogens is 1. The Bertz CT molecular complexity index is 1180. The third-order valence-corrected chi connectivity index (χ3v) is 8.72. The first-order chi connectivity index (χ1) is 14.3. The summed E-state index contributed by atoms with van der Waals surface area (Å²) < 4.78 is 27.1. The Kier molecular flexibility index (Phi) is 4.79. The highest BCUT2D eigenvalue weighted by atomic mass is 32.2. The van der Waals surface area contributed by atoms with Gasteiger partial charge in [-0.1, -0.05) is 0 Å². The van der Waals surface area contributed by atoms with Gasteiger partial charge in [-0.3, -0.25) is 5.10 Å². The van der Waals surface area contributed by atoms with Gasteiger partial charge < -0.3 is 5.11 Å². The molecule has 3 aromatic rings. The fraction of sp³-hybridized carbons (Fsp3) is 0.571. The second kappa shape index (κ2) is 7.25. The molecule has 2 fully saturated rings. The molecule has 0 spiro atoms. The number of β-amino-alcohol motifs (C(OH)–C–C–N with tert-alkyl or cyclic N) is 1. The largest absolute Gasteiger partial charge is 0.389 e. The number of aromatic nitrogens is 4. The standard InChI is InChI=1S/C21H27N5O3S/c1-21(27)7-9-26(13-21)30(28,29)12-14-2-4-15(5-3-14)19-18-16(11-24-25-19)10-23-20-17(18)6-8-22-20/h6,8,10-11,14-15,25,27H,2-5,7,9,12-13H2,1H3. The first-order valence-electron chi connectivity index (χ1n) is 10.6. The fourth-order valence-corrected chi connectivity index (χ4v) is 7.04. The van der Waals surface area contributed by atoms with Crippen molar-refractivity contribution in [3.05, 3.63) is 30.4 Å². The molecule has 1 aliphatic heterocycles. The minimum Gasteiger partial charge on any atom is -0.389 e. The van der Waals surface area contributed by atoms with Crippen LogP contribution in [-0.2, 0) is 10.0 Å². The van der Waals surface area contributed by atoms with Crippen LogP contribution in [0, 0.1) is 5.92 Å². The Morgan fingerprint density at radius 3 is 2.77 bits per heavy atom. The van der Waals surface area contributed by atoms with Crippen LogP contribution in [0.15, 0.2) is 24.7 Å². The maximum absolute atomic E-state index is 12.8. The predicted octanol–water partition coefficient (Wildman–Crippen LogP) is 2.57. The van der Waals surface area contributed by atoms with Crippen molar-refractivity contribution in [2.24, 2.45) is 5.92 Å². The zero-order valence-corrected chi connectivity index (χ0v) is 17.9. The molecule has 1 saturated heterocycles. The Labute approximate surface area is 175 Å². The van der Waals surface area contributed by atoms with E-state index < -0.39 is 15.6 Å². The highest BCUT2D eigenvalue weighted by molar-refractivity contribution is 7.89. The molecule has 0 aromatic carbocycles. The van der Waals surface area contributed by atoms with Crippen molar-refractivity contribution >= 4 is 31.8 Å². The molecule has 1 saturated carbocycles. The number of hydrogen-bond acceptors (Lipinski definition) is 6. The van der Waals surface area contributed by atoms with Crippen LogP contribution >= 0.6 is 0 Å². The van der Waals surface area contributed by atoms with E-state index in [-0.39, 0.29) is 18.2 Å². The molecule has 2 aliphatic rings. The maximum atomic E-state index is 12.8. The highest BCUT2D eigenvalue weighted by Crippen LogP contribution is 2.39. The van der Waals surface area contributed by atoms with Gasteiger partial charge in [0.15, 0.2) is 5.65 Å². The van der Waals surface area contributed by atoms with Crippen LogP contribution in [0.5, 0.6) is 0 Å². The third-order valence-electron chi connectivity index (χ3n) is 6.73. The molecule has 1 unspecified atom stereocenters. The van der Waals surface area contributed by atoms with Gasteiger partial charge in [-0.05, 0) is 51.0 Å². The molecule has 1 atom stereocenters. The molecule has 1 aliphatic carbocycles. The summed E-state index contributed by atoms with van der Waals surface area (Å²) in [6, 6.07) is 1.99. The lowest BCUT2D eigenvalue weighted by Gasteiger charge is -2.30. The zero-order valence-electron chi connectivity index (χ0n) is 17.1. The Morgan fingerprint density at radius 2 is 2.03 bits per heavy atom. The second-order valence-electron chi connectivity index (χ2n) is 9.13. The van der Waals surface area contributed by atoms with Crippen LogP contribution in [0.2, 0.25) is 0 Å². The van der Waals surface area contributed by atoms with Crippen molar-refractivity contribution in [3.63, 3.8) is 0 Å². The Hall–Kier alpha value is -2.10. The van der Waals surface area contributed by atoms with E-state index in [1.165, 1.54) is 4.31 Å². The molecule has 0 bridgehead atoms. The van der Waals surface area contributed by atoms with Crippen LogP contribution < -0.4 is 0 Å². The zero-order chi connectivity index (χ0) is 20.9. The van der Waals surface area contributed by atoms with Gasteiger partial charge in [-0.25, -0.2) is 18.4 Å². The van der Waals surface area contributed by atoms with Crippen molar-refractivity contribution in [2.75, 3.05) is 18.8 Å². The lowest BCUT2D eigenvalue weighted by atomic mass is 9.80. The molecule has 160 valence electrons. The maximum Gasteiger partial charge on any atom is 0.214 e. The van der Waals surface area contributed by atoms with Gasteiger partial charge in [0.25, 0.3) is 0 Å². The number of sulfonamides is 1. The fourth-order valence-electron chi connectivity index (χ4n) is 5.06. The molecule has 0 amide bonds. The number of fused-ring (bicyclic) bond motifs is 3. The van der Waals surface area contributed by atoms with Gasteiger partial charge in [-0.2, -0.15) is 9.40 Å². The molecule has 2 N–H and O–H groups in total. The average molecular weight is 430 g/mol. The van der Waals surface area contributed by atoms with Crippen LogP contribution in [0.4, 0.5) is 0 Å². The van der Waals surface area contributed by atoms with Crippen LogP contribution in [0.1, 0.15) is 50.6 Å². The molecule has 30 heavy (non-hydrogen) atoms. The molecular weight excluding hydrogens is 402 g/mol. The molecule has 8 nitrogen and oxygen atoms in total. The minimum atomic E-state index is -3.33. The monoisotopic (exact) mass is 429 g/mol. The number of nitrogens with zero attached hydrogens (tertiary/aromatic N) is 4. The summed E-state index contributed by atoms with van der Waals surface area (Å²) >= 11 is 0. The smallest absolute Gasteiger partial charge is 0.214 e. The van der Waals surface area contributed by atoms with Gasteiger partial charge in [0.1, 0.15) is 0 Å². The first-order valence-corrected chi connectivity index (χ1v) is 12.2. The summed E-state index contributed by atoms with van der Waals surface area (Å²) in [6.07, 6.45) is 9.47. The Morgan fingerprint density at radius 1 is 1.23 bits per heavy atom. The van der Waals surface area contributed by atoms with Crippen molar-refractivity contribution in [1.29, 1.82) is 0 Å². The number of rotatable bonds is 4. The Balaban J connectivity index is 1.32. The number of aromatic amines is 1. The molecule has 5 rings (SSSR count). The summed E-state index contributed by atoms with van der Waals surface area (Å²) in [5, 5.41) is 20.8. The SMILES string of the molecule is CC1(O)CCN(S(=O)(=O)CC2CCC(c3[nH]ncc4cnc5nccc5c34)CC2)C1. The summed E-state index contributed by atoms with van der Waals surface area (Å²) in [5.41, 5.74) is 0.937. The second-order valence-corrected chi connectivity index (χ2v) is 11.1. The van der Waals surface area contributed by atoms with E-state index >= 15 is 0 Å². The summed E-state index contributed by atoms with van der Waals surface area (Å²) in [7, 11) is -3.33. The molecule has 3 aromatic heterocycles. The number of hydrogen-bond donors (Lipinski definition) is 2. The molecule has 0 radical (unpaired) electrons. The topological polar surface area (TPSA) is 112 Å². The van der Waals surface area contributed by atoms with Gasteiger partial charge in [0, 0.05) is 53.3 Å². The number of nitrogens with one attached hydrogen (secondary N) is 1. The van der Waals surface area contributed by atoms with E-state index in [0.29, 0.717) is 18.9 Å². The molecule has 4 heterocycles. The first kappa shape index (κ1) is 19.8. The summed E-state index contributed by atoms with van der Waals surface area (Å²) in [5.74, 6) is 0.643. The van der Waals surface area contributed by atoms with E-state index in [2.05, 4.69) is 20.2 Å². The van der Waals surface area contributed by atoms with Gasteiger partial charge in [-0.15, -0.1) is 0 Å². The number of pyridine rings is 1. The van der Waals surface area contributed by atoms with Gasteiger partial charge in [0.2, 0.25) is 10.0 Å². The average Bonchev–Trinajstić information content (AvgIpc) is 3.34. The quantitative estimate of drug-likeness (QED) is 0.659. The summed E-state index contributed by atoms with van der Waals surface area (Å²) in [6.45, 7) is 2.33. The lowest BCUT2D eigenvalue weighted by molar-refractivity contribution is 0.0762. The van der Waals surface area contributed by atoms with Crippen LogP contribution in [0.3, 0.4) is 0 Å². The van der Waals surface area contributed by atoms with Crippen LogP contribution in [-0.4, -0.2) is 62.4 Å². The van der Waals surface area contributed by atoms with Crippen molar-refractivity contribution in [2.45, 2.75) is 50.5 Å². The van der Waals surface area contributed by atoms with Gasteiger partial charge >= 0.3 is 0 Å². The van der Waals surface area contributed by atoms with Gasteiger partial charge in [0.05, 0.1) is 17.6 Å². The molecular formula is C21H27N5O3S. The van der Waals surface area contributed by atoms with E-state index in [4.69, 9.17) is 0 Å². The van der Waals surface area contributed by atoms with E-state index in [1.807, 2.05) is 12.3 Å². The van der Waals surface area contributed by atoms with Crippen molar-refractivity contribution in [3.8, 4) is 0 Å². The normalized spacial score (nSPS) is 28.5. The predicted molar refractivity (Wildman–Crippen MR) is 114 cm³/mol. The minimum absolute atomic E-state index is 0.155. The van der Waals surface area contributed by atoms with E-state index in [1.54, 1.807) is 19.3 Å². The van der Waals surface area contributed by atoms with Crippen molar-refractivity contribution < 1.29 is 13.5 Å². The highest BCUT2D eigenvalue weighted by Gasteiger charge is 2.39. The number of aliphatic hydroxyl groups is 1. The molecule has 9 heteroatoms. The van der Waals surface area contributed by atoms with E-state index in [9.17, 15) is 13.5 Å². The van der Waals surface area contributed by atoms with Crippen molar-refractivity contribution in [1.82, 2.24) is 24.5 Å². The lowest BCUT2D eigenvalue weighted by Crippen LogP contribution is -2.37. The summed E-state index contributed by atoms with van der Waals surface area (Å²) in [4.78, 5) is 8.72. The van der Waals surface area contributed by atoms with E-state index in [0.717, 1.165) is 53.2 Å². The third kappa shape index (κ3) is 3.59. The van der Waals surface area contributed by atoms with Crippen LogP contribution in [0.25, 0.3) is 21.8 Å².